The number of anilines is 1. The van der Waals surface area contributed by atoms with Crippen LogP contribution in [0.15, 0.2) is 49.1 Å². The van der Waals surface area contributed by atoms with Gasteiger partial charge in [-0.25, -0.2) is 19.3 Å². The first-order valence-electron chi connectivity index (χ1n) is 7.73. The summed E-state index contributed by atoms with van der Waals surface area (Å²) in [6.07, 6.45) is 4.99. The summed E-state index contributed by atoms with van der Waals surface area (Å²) < 4.78 is 14.7. The smallest absolute Gasteiger partial charge is 0.251 e. The standard InChI is InChI=1S/C17H17FN6O/c1-12-19-8-9-24(12)16-10-15(22-11-23-16)20-6-7-21-17(25)13-2-4-14(18)5-3-13/h2-5,8-11H,6-7H2,1H3,(H,21,25)(H,20,22,23). The fourth-order valence-electron chi connectivity index (χ4n) is 2.27. The number of imidazole rings is 1. The summed E-state index contributed by atoms with van der Waals surface area (Å²) in [6.45, 7) is 2.78. The number of carbonyl (C=O) groups is 1. The molecule has 128 valence electrons. The van der Waals surface area contributed by atoms with Gasteiger partial charge in [0.15, 0.2) is 0 Å². The van der Waals surface area contributed by atoms with E-state index in [0.29, 0.717) is 30.3 Å². The van der Waals surface area contributed by atoms with Crippen LogP contribution in [0.1, 0.15) is 16.2 Å². The lowest BCUT2D eigenvalue weighted by atomic mass is 10.2. The molecular formula is C17H17FN6O. The third-order valence-electron chi connectivity index (χ3n) is 3.55. The Hall–Kier alpha value is -3.29. The number of aryl methyl sites for hydroxylation is 1. The van der Waals surface area contributed by atoms with Crippen LogP contribution in [0.2, 0.25) is 0 Å². The molecule has 3 rings (SSSR count). The Morgan fingerprint density at radius 3 is 2.68 bits per heavy atom. The molecule has 0 fully saturated rings. The summed E-state index contributed by atoms with van der Waals surface area (Å²) in [6, 6.07) is 7.21. The van der Waals surface area contributed by atoms with Gasteiger partial charge in [0.25, 0.3) is 5.91 Å². The van der Waals surface area contributed by atoms with Crippen LogP contribution in [0.25, 0.3) is 5.82 Å². The molecular weight excluding hydrogens is 323 g/mol. The molecule has 0 unspecified atom stereocenters. The maximum atomic E-state index is 12.8. The highest BCUT2D eigenvalue weighted by atomic mass is 19.1. The van der Waals surface area contributed by atoms with Gasteiger partial charge in [-0.05, 0) is 31.2 Å². The van der Waals surface area contributed by atoms with E-state index in [4.69, 9.17) is 0 Å². The topological polar surface area (TPSA) is 84.7 Å². The molecule has 8 heteroatoms. The molecule has 0 spiro atoms. The maximum Gasteiger partial charge on any atom is 0.251 e. The third-order valence-corrected chi connectivity index (χ3v) is 3.55. The number of rotatable bonds is 6. The fourth-order valence-corrected chi connectivity index (χ4v) is 2.27. The zero-order chi connectivity index (χ0) is 17.6. The SMILES string of the molecule is Cc1nccn1-c1cc(NCCNC(=O)c2ccc(F)cc2)ncn1. The van der Waals surface area contributed by atoms with Gasteiger partial charge in [-0.1, -0.05) is 0 Å². The quantitative estimate of drug-likeness (QED) is 0.670. The second kappa shape index (κ2) is 7.52. The van der Waals surface area contributed by atoms with E-state index in [1.807, 2.05) is 17.7 Å². The maximum absolute atomic E-state index is 12.8. The average molecular weight is 340 g/mol. The summed E-state index contributed by atoms with van der Waals surface area (Å²) in [5, 5.41) is 5.88. The lowest BCUT2D eigenvalue weighted by molar-refractivity contribution is 0.0955. The molecule has 0 bridgehead atoms. The van der Waals surface area contributed by atoms with Gasteiger partial charge in [-0.15, -0.1) is 0 Å². The minimum Gasteiger partial charge on any atom is -0.368 e. The van der Waals surface area contributed by atoms with Crippen LogP contribution in [-0.4, -0.2) is 38.5 Å². The van der Waals surface area contributed by atoms with E-state index >= 15 is 0 Å². The van der Waals surface area contributed by atoms with Crippen molar-refractivity contribution in [1.29, 1.82) is 0 Å². The molecule has 0 aliphatic carbocycles. The molecule has 7 nitrogen and oxygen atoms in total. The number of nitrogens with one attached hydrogen (secondary N) is 2. The highest BCUT2D eigenvalue weighted by Crippen LogP contribution is 2.10. The monoisotopic (exact) mass is 340 g/mol. The van der Waals surface area contributed by atoms with Crippen molar-refractivity contribution >= 4 is 11.7 Å². The van der Waals surface area contributed by atoms with Crippen LogP contribution in [0.4, 0.5) is 10.2 Å². The van der Waals surface area contributed by atoms with Gasteiger partial charge < -0.3 is 10.6 Å². The largest absolute Gasteiger partial charge is 0.368 e. The van der Waals surface area contributed by atoms with Crippen molar-refractivity contribution in [3.63, 3.8) is 0 Å². The molecule has 0 aliphatic rings. The summed E-state index contributed by atoms with van der Waals surface area (Å²) in [4.78, 5) is 24.5. The van der Waals surface area contributed by atoms with Crippen molar-refractivity contribution in [2.75, 3.05) is 18.4 Å². The number of benzene rings is 1. The highest BCUT2D eigenvalue weighted by molar-refractivity contribution is 5.94. The zero-order valence-electron chi connectivity index (χ0n) is 13.6. The van der Waals surface area contributed by atoms with Crippen LogP contribution in [-0.2, 0) is 0 Å². The van der Waals surface area contributed by atoms with Crippen molar-refractivity contribution in [3.8, 4) is 5.82 Å². The molecule has 2 heterocycles. The minimum absolute atomic E-state index is 0.251. The molecule has 0 saturated carbocycles. The van der Waals surface area contributed by atoms with Crippen molar-refractivity contribution in [3.05, 3.63) is 66.3 Å². The second-order valence-electron chi connectivity index (χ2n) is 5.30. The number of aromatic nitrogens is 4. The number of amides is 1. The first-order valence-corrected chi connectivity index (χ1v) is 7.73. The molecule has 0 radical (unpaired) electrons. The van der Waals surface area contributed by atoms with E-state index < -0.39 is 0 Å². The van der Waals surface area contributed by atoms with Gasteiger partial charge in [-0.2, -0.15) is 0 Å². The summed E-state index contributed by atoms with van der Waals surface area (Å²) in [5.41, 5.74) is 0.418. The van der Waals surface area contributed by atoms with Crippen molar-refractivity contribution < 1.29 is 9.18 Å². The number of carbonyl (C=O) groups excluding carboxylic acids is 1. The lowest BCUT2D eigenvalue weighted by Gasteiger charge is -2.09. The Kier molecular flexibility index (Phi) is 4.98. The predicted molar refractivity (Wildman–Crippen MR) is 91.1 cm³/mol. The lowest BCUT2D eigenvalue weighted by Crippen LogP contribution is -2.28. The average Bonchev–Trinajstić information content (AvgIpc) is 3.05. The summed E-state index contributed by atoms with van der Waals surface area (Å²) >= 11 is 0. The van der Waals surface area contributed by atoms with E-state index in [9.17, 15) is 9.18 Å². The first kappa shape index (κ1) is 16.6. The Labute approximate surface area is 144 Å². The number of halogens is 1. The number of nitrogens with zero attached hydrogens (tertiary/aromatic N) is 4. The molecule has 1 amide bonds. The van der Waals surface area contributed by atoms with Crippen LogP contribution in [0.3, 0.4) is 0 Å². The Balaban J connectivity index is 1.52. The van der Waals surface area contributed by atoms with E-state index in [-0.39, 0.29) is 11.7 Å². The van der Waals surface area contributed by atoms with E-state index in [1.165, 1.54) is 30.6 Å². The molecule has 3 aromatic rings. The molecule has 2 aromatic heterocycles. The van der Waals surface area contributed by atoms with E-state index in [2.05, 4.69) is 25.6 Å². The van der Waals surface area contributed by atoms with E-state index in [0.717, 1.165) is 5.82 Å². The van der Waals surface area contributed by atoms with Gasteiger partial charge >= 0.3 is 0 Å². The minimum atomic E-state index is -0.370. The normalized spacial score (nSPS) is 10.5. The van der Waals surface area contributed by atoms with Gasteiger partial charge in [0.05, 0.1) is 0 Å². The fraction of sp³-hybridized carbons (Fsp3) is 0.176. The second-order valence-corrected chi connectivity index (χ2v) is 5.30. The molecule has 2 N–H and O–H groups in total. The Morgan fingerprint density at radius 1 is 1.16 bits per heavy atom. The van der Waals surface area contributed by atoms with Gasteiger partial charge in [0.1, 0.15) is 29.6 Å². The van der Waals surface area contributed by atoms with Crippen molar-refractivity contribution in [1.82, 2.24) is 24.8 Å². The summed E-state index contributed by atoms with van der Waals surface area (Å²) in [7, 11) is 0. The van der Waals surface area contributed by atoms with Crippen molar-refractivity contribution in [2.24, 2.45) is 0 Å². The van der Waals surface area contributed by atoms with Crippen molar-refractivity contribution in [2.45, 2.75) is 6.92 Å². The molecule has 0 atom stereocenters. The third kappa shape index (κ3) is 4.17. The van der Waals surface area contributed by atoms with E-state index in [1.54, 1.807) is 12.3 Å². The Morgan fingerprint density at radius 2 is 1.96 bits per heavy atom. The Bertz CT molecular complexity index is 862. The highest BCUT2D eigenvalue weighted by Gasteiger charge is 2.06. The van der Waals surface area contributed by atoms with Crippen LogP contribution in [0, 0.1) is 12.7 Å². The molecule has 0 aliphatic heterocycles. The number of hydrogen-bond acceptors (Lipinski definition) is 5. The molecule has 0 saturated heterocycles. The van der Waals surface area contributed by atoms with Crippen LogP contribution in [0.5, 0.6) is 0 Å². The molecule has 25 heavy (non-hydrogen) atoms. The van der Waals surface area contributed by atoms with Crippen LogP contribution < -0.4 is 10.6 Å². The molecule has 1 aromatic carbocycles. The number of hydrogen-bond donors (Lipinski definition) is 2. The first-order chi connectivity index (χ1) is 12.1. The van der Waals surface area contributed by atoms with Crippen LogP contribution >= 0.6 is 0 Å². The summed E-state index contributed by atoms with van der Waals surface area (Å²) in [5.74, 6) is 1.57. The predicted octanol–water partition coefficient (Wildman–Crippen LogP) is 1.95. The van der Waals surface area contributed by atoms with Gasteiger partial charge in [0.2, 0.25) is 0 Å². The zero-order valence-corrected chi connectivity index (χ0v) is 13.6. The van der Waals surface area contributed by atoms with Gasteiger partial charge in [0, 0.05) is 37.1 Å². The van der Waals surface area contributed by atoms with Gasteiger partial charge in [-0.3, -0.25) is 9.36 Å².